The highest BCUT2D eigenvalue weighted by Crippen LogP contribution is 2.35. The van der Waals surface area contributed by atoms with Crippen molar-refractivity contribution in [2.24, 2.45) is 0 Å². The van der Waals surface area contributed by atoms with Gasteiger partial charge in [-0.3, -0.25) is 4.52 Å². The molecule has 26 heavy (non-hydrogen) atoms. The number of phosphoric ester groups is 1. The van der Waals surface area contributed by atoms with Crippen LogP contribution in [0.4, 0.5) is 0 Å². The van der Waals surface area contributed by atoms with Crippen LogP contribution < -0.4 is 0 Å². The van der Waals surface area contributed by atoms with Gasteiger partial charge in [0, 0.05) is 0 Å². The van der Waals surface area contributed by atoms with E-state index in [9.17, 15) is 4.57 Å². The van der Waals surface area contributed by atoms with Crippen molar-refractivity contribution in [3.05, 3.63) is 0 Å². The van der Waals surface area contributed by atoms with E-state index >= 15 is 0 Å². The Labute approximate surface area is 173 Å². The molecule has 0 fully saturated rings. The van der Waals surface area contributed by atoms with Crippen LogP contribution >= 0.6 is 24.8 Å². The summed E-state index contributed by atoms with van der Waals surface area (Å²) in [6.07, 6.45) is 17.8. The van der Waals surface area contributed by atoms with Crippen molar-refractivity contribution >= 4 is 24.8 Å². The fourth-order valence-electron chi connectivity index (χ4n) is 2.48. The van der Waals surface area contributed by atoms with Crippen molar-refractivity contribution in [1.29, 1.82) is 0 Å². The molecule has 162 valence electrons. The van der Waals surface area contributed by atoms with E-state index in [0.717, 1.165) is 19.3 Å². The molecule has 0 aliphatic rings. The molecule has 5 nitrogen and oxygen atoms in total. The first-order valence-corrected chi connectivity index (χ1v) is 11.6. The smallest absolute Gasteiger partial charge is 0.312 e. The van der Waals surface area contributed by atoms with Crippen molar-refractivity contribution in [3.63, 3.8) is 0 Å². The van der Waals surface area contributed by atoms with E-state index in [4.69, 9.17) is 9.79 Å². The topological polar surface area (TPSA) is 70.0 Å². The Bertz CT molecular complexity index is 299. The molecule has 0 aliphatic carbocycles. The van der Waals surface area contributed by atoms with Gasteiger partial charge in [0.25, 0.3) is 0 Å². The summed E-state index contributed by atoms with van der Waals surface area (Å²) in [4.78, 5) is 19.0. The third kappa shape index (κ3) is 39.6. The number of halogens is 1. The van der Waals surface area contributed by atoms with E-state index in [-0.39, 0.29) is 23.6 Å². The first kappa shape index (κ1) is 31.3. The predicted molar refractivity (Wildman–Crippen MR) is 118 cm³/mol. The molecule has 0 saturated heterocycles. The summed E-state index contributed by atoms with van der Waals surface area (Å²) >= 11 is 0. The molecule has 0 unspecified atom stereocenters. The number of hydrogen-bond acceptors (Lipinski definition) is 3. The molecule has 0 rings (SSSR count). The summed E-state index contributed by atoms with van der Waals surface area (Å²) in [6, 6.07) is 0. The van der Waals surface area contributed by atoms with Crippen LogP contribution in [0.1, 0.15) is 96.8 Å². The Morgan fingerprint density at radius 1 is 0.692 bits per heavy atom. The van der Waals surface area contributed by atoms with Gasteiger partial charge >= 0.3 is 7.82 Å². The zero-order chi connectivity index (χ0) is 19.4. The van der Waals surface area contributed by atoms with Crippen LogP contribution in [0.3, 0.4) is 0 Å². The van der Waals surface area contributed by atoms with Crippen molar-refractivity contribution in [2.45, 2.75) is 96.8 Å². The van der Waals surface area contributed by atoms with Crippen molar-refractivity contribution in [2.75, 3.05) is 27.7 Å². The Morgan fingerprint density at radius 3 is 1.23 bits per heavy atom. The molecule has 0 amide bonds. The Morgan fingerprint density at radius 2 is 0.962 bits per heavy atom. The molecule has 0 aromatic carbocycles. The fourth-order valence-corrected chi connectivity index (χ4v) is 2.85. The largest absolute Gasteiger partial charge is 0.469 e. The molecule has 0 aromatic heterocycles. The van der Waals surface area contributed by atoms with E-state index < -0.39 is 7.82 Å². The van der Waals surface area contributed by atoms with E-state index in [1.54, 1.807) is 0 Å². The number of rotatable bonds is 16. The SMILES string of the molecule is Br.CCCCCCCCCCCCCCCCOP(=O)(O)O.CN(C)C. The molecular formula is C19H45BrNO4P. The first-order chi connectivity index (χ1) is 11.8. The van der Waals surface area contributed by atoms with Gasteiger partial charge in [-0.25, -0.2) is 4.57 Å². The van der Waals surface area contributed by atoms with E-state index in [2.05, 4.69) is 11.4 Å². The molecule has 0 heterocycles. The van der Waals surface area contributed by atoms with Crippen LogP contribution in [0.5, 0.6) is 0 Å². The third-order valence-corrected chi connectivity index (χ3v) is 4.28. The summed E-state index contributed by atoms with van der Waals surface area (Å²) in [6.45, 7) is 2.42. The second-order valence-corrected chi connectivity index (χ2v) is 8.50. The molecule has 2 N–H and O–H groups in total. The maximum absolute atomic E-state index is 10.4. The lowest BCUT2D eigenvalue weighted by Gasteiger charge is -2.05. The quantitative estimate of drug-likeness (QED) is 0.207. The Balaban J connectivity index is -0.000000951. The minimum absolute atomic E-state index is 0. The number of phosphoric acid groups is 1. The molecule has 0 aliphatic heterocycles. The van der Waals surface area contributed by atoms with Crippen LogP contribution in [0, 0.1) is 0 Å². The van der Waals surface area contributed by atoms with Gasteiger partial charge in [0.15, 0.2) is 0 Å². The summed E-state index contributed by atoms with van der Waals surface area (Å²) in [5, 5.41) is 0. The van der Waals surface area contributed by atoms with Crippen molar-refractivity contribution < 1.29 is 18.9 Å². The fraction of sp³-hybridized carbons (Fsp3) is 1.00. The highest BCUT2D eigenvalue weighted by atomic mass is 79.9. The van der Waals surface area contributed by atoms with Gasteiger partial charge in [-0.15, -0.1) is 17.0 Å². The normalized spacial score (nSPS) is 11.0. The third-order valence-electron chi connectivity index (χ3n) is 3.76. The molecule has 0 spiro atoms. The van der Waals surface area contributed by atoms with Crippen molar-refractivity contribution in [1.82, 2.24) is 4.90 Å². The van der Waals surface area contributed by atoms with Crippen LogP contribution in [-0.4, -0.2) is 42.4 Å². The van der Waals surface area contributed by atoms with Gasteiger partial charge in [-0.05, 0) is 27.6 Å². The lowest BCUT2D eigenvalue weighted by atomic mass is 10.0. The monoisotopic (exact) mass is 461 g/mol. The minimum atomic E-state index is -4.25. The van der Waals surface area contributed by atoms with Gasteiger partial charge in [-0.1, -0.05) is 90.4 Å². The standard InChI is InChI=1S/C16H35O4P.C3H9N.BrH/c1-2-3-4-5-6-7-8-9-10-11-12-13-14-15-16-20-21(17,18)19;1-4(2)3;/h2-16H2,1H3,(H2,17,18,19);1-3H3;1H. The molecule has 0 saturated carbocycles. The van der Waals surface area contributed by atoms with Crippen LogP contribution in [-0.2, 0) is 9.09 Å². The second-order valence-electron chi connectivity index (χ2n) is 7.26. The van der Waals surface area contributed by atoms with E-state index in [1.165, 1.54) is 70.6 Å². The molecular weight excluding hydrogens is 417 g/mol. The number of unbranched alkanes of at least 4 members (excludes halogenated alkanes) is 13. The van der Waals surface area contributed by atoms with Crippen molar-refractivity contribution in [3.8, 4) is 0 Å². The summed E-state index contributed by atoms with van der Waals surface area (Å²) in [7, 11) is 1.75. The average Bonchev–Trinajstić information content (AvgIpc) is 2.49. The van der Waals surface area contributed by atoms with E-state index in [0.29, 0.717) is 0 Å². The van der Waals surface area contributed by atoms with Crippen LogP contribution in [0.25, 0.3) is 0 Å². The van der Waals surface area contributed by atoms with Gasteiger partial charge in [0.05, 0.1) is 6.61 Å². The Hall–Kier alpha value is 0.550. The maximum Gasteiger partial charge on any atom is 0.469 e. The van der Waals surface area contributed by atoms with Gasteiger partial charge in [-0.2, -0.15) is 0 Å². The van der Waals surface area contributed by atoms with Gasteiger partial charge in [0.2, 0.25) is 0 Å². The molecule has 0 aromatic rings. The lowest BCUT2D eigenvalue weighted by Crippen LogP contribution is -1.99. The Kier molecular flexibility index (Phi) is 28.4. The summed E-state index contributed by atoms with van der Waals surface area (Å²) in [5.74, 6) is 0. The van der Waals surface area contributed by atoms with Crippen LogP contribution in [0.2, 0.25) is 0 Å². The maximum atomic E-state index is 10.4. The summed E-state index contributed by atoms with van der Waals surface area (Å²) in [5.41, 5.74) is 0. The minimum Gasteiger partial charge on any atom is -0.312 e. The first-order valence-electron chi connectivity index (χ1n) is 10.1. The zero-order valence-electron chi connectivity index (χ0n) is 17.6. The molecule has 7 heteroatoms. The highest BCUT2D eigenvalue weighted by Gasteiger charge is 2.12. The molecule has 0 bridgehead atoms. The molecule has 0 radical (unpaired) electrons. The van der Waals surface area contributed by atoms with Crippen LogP contribution in [0.15, 0.2) is 0 Å². The van der Waals surface area contributed by atoms with Gasteiger partial charge in [0.1, 0.15) is 0 Å². The zero-order valence-corrected chi connectivity index (χ0v) is 20.2. The molecule has 0 atom stereocenters. The van der Waals surface area contributed by atoms with Gasteiger partial charge < -0.3 is 14.7 Å². The lowest BCUT2D eigenvalue weighted by molar-refractivity contribution is 0.193. The highest BCUT2D eigenvalue weighted by molar-refractivity contribution is 8.93. The number of hydrogen-bond donors (Lipinski definition) is 2. The second kappa shape index (κ2) is 23.6. The predicted octanol–water partition coefficient (Wildman–Crippen LogP) is 6.33. The van der Waals surface area contributed by atoms with E-state index in [1.807, 2.05) is 26.0 Å². The summed E-state index contributed by atoms with van der Waals surface area (Å²) < 4.78 is 14.8. The average molecular weight is 462 g/mol. The number of nitrogens with zero attached hydrogens (tertiary/aromatic N) is 1.